The number of carbonyl (C=O) groups excluding carboxylic acids is 2. The van der Waals surface area contributed by atoms with Gasteiger partial charge >= 0.3 is 6.03 Å². The first kappa shape index (κ1) is 17.8. The Morgan fingerprint density at radius 1 is 1.08 bits per heavy atom. The molecular formula is C18H20ClN3O2. The number of rotatable bonds is 5. The second-order valence-electron chi connectivity index (χ2n) is 5.33. The zero-order valence-corrected chi connectivity index (χ0v) is 14.4. The highest BCUT2D eigenvalue weighted by Crippen LogP contribution is 2.19. The Labute approximate surface area is 146 Å². The van der Waals surface area contributed by atoms with Gasteiger partial charge in [-0.15, -0.1) is 0 Å². The lowest BCUT2D eigenvalue weighted by Crippen LogP contribution is -2.35. The first-order chi connectivity index (χ1) is 11.5. The minimum Gasteiger partial charge on any atom is -0.329 e. The van der Waals surface area contributed by atoms with Gasteiger partial charge in [-0.25, -0.2) is 4.79 Å². The fourth-order valence-electron chi connectivity index (χ4n) is 2.15. The van der Waals surface area contributed by atoms with E-state index in [4.69, 9.17) is 11.6 Å². The van der Waals surface area contributed by atoms with Gasteiger partial charge < -0.3 is 16.0 Å². The predicted octanol–water partition coefficient (Wildman–Crippen LogP) is 3.97. The summed E-state index contributed by atoms with van der Waals surface area (Å²) in [6, 6.07) is 12.3. The van der Waals surface area contributed by atoms with Crippen LogP contribution in [0.1, 0.15) is 18.1 Å². The Morgan fingerprint density at radius 2 is 1.83 bits per heavy atom. The van der Waals surface area contributed by atoms with E-state index in [1.165, 1.54) is 0 Å². The molecule has 0 atom stereocenters. The largest absolute Gasteiger partial charge is 0.329 e. The highest BCUT2D eigenvalue weighted by atomic mass is 35.5. The highest BCUT2D eigenvalue weighted by molar-refractivity contribution is 6.31. The van der Waals surface area contributed by atoms with Gasteiger partial charge in [0, 0.05) is 16.4 Å². The number of hydrogen-bond donors (Lipinski definition) is 3. The molecule has 3 amide bonds. The van der Waals surface area contributed by atoms with Crippen LogP contribution in [0.5, 0.6) is 0 Å². The molecule has 0 aliphatic rings. The van der Waals surface area contributed by atoms with Crippen LogP contribution >= 0.6 is 11.6 Å². The summed E-state index contributed by atoms with van der Waals surface area (Å²) < 4.78 is 0. The molecule has 0 spiro atoms. The normalized spacial score (nSPS) is 10.1. The third kappa shape index (κ3) is 4.99. The lowest BCUT2D eigenvalue weighted by atomic mass is 10.1. The van der Waals surface area contributed by atoms with Gasteiger partial charge in [-0.1, -0.05) is 42.8 Å². The molecule has 0 unspecified atom stereocenters. The van der Waals surface area contributed by atoms with Crippen LogP contribution in [-0.4, -0.2) is 18.5 Å². The summed E-state index contributed by atoms with van der Waals surface area (Å²) in [6.45, 7) is 3.78. The van der Waals surface area contributed by atoms with Crippen LogP contribution in [0.25, 0.3) is 0 Å². The minimum atomic E-state index is -0.464. The number of aryl methyl sites for hydroxylation is 2. The van der Waals surface area contributed by atoms with Gasteiger partial charge in [-0.2, -0.15) is 0 Å². The summed E-state index contributed by atoms with van der Waals surface area (Å²) in [5.41, 5.74) is 3.30. The van der Waals surface area contributed by atoms with Crippen molar-refractivity contribution in [3.8, 4) is 0 Å². The van der Waals surface area contributed by atoms with Crippen molar-refractivity contribution in [3.63, 3.8) is 0 Å². The molecule has 0 saturated heterocycles. The van der Waals surface area contributed by atoms with Gasteiger partial charge in [0.15, 0.2) is 0 Å². The minimum absolute atomic E-state index is 0.122. The predicted molar refractivity (Wildman–Crippen MR) is 97.7 cm³/mol. The summed E-state index contributed by atoms with van der Waals surface area (Å²) in [4.78, 5) is 23.8. The molecule has 126 valence electrons. The summed E-state index contributed by atoms with van der Waals surface area (Å²) in [6.07, 6.45) is 0.818. The van der Waals surface area contributed by atoms with Crippen molar-refractivity contribution < 1.29 is 9.59 Å². The molecule has 0 aliphatic carbocycles. The van der Waals surface area contributed by atoms with Gasteiger partial charge in [0.1, 0.15) is 0 Å². The van der Waals surface area contributed by atoms with E-state index in [1.54, 1.807) is 12.1 Å². The Kier molecular flexibility index (Phi) is 6.21. The number of urea groups is 1. The fourth-order valence-corrected chi connectivity index (χ4v) is 2.33. The van der Waals surface area contributed by atoms with E-state index in [-0.39, 0.29) is 12.5 Å². The van der Waals surface area contributed by atoms with Crippen LogP contribution in [-0.2, 0) is 11.2 Å². The van der Waals surface area contributed by atoms with Gasteiger partial charge in [0.2, 0.25) is 5.91 Å². The van der Waals surface area contributed by atoms with E-state index in [0.717, 1.165) is 23.2 Å². The summed E-state index contributed by atoms with van der Waals surface area (Å²) >= 11 is 6.01. The third-order valence-corrected chi connectivity index (χ3v) is 3.92. The smallest absolute Gasteiger partial charge is 0.319 e. The average Bonchev–Trinajstić information content (AvgIpc) is 2.57. The number of para-hydroxylation sites is 1. The Balaban J connectivity index is 1.84. The van der Waals surface area contributed by atoms with E-state index < -0.39 is 6.03 Å². The van der Waals surface area contributed by atoms with Crippen molar-refractivity contribution in [3.05, 3.63) is 58.6 Å². The van der Waals surface area contributed by atoms with Gasteiger partial charge in [0.25, 0.3) is 0 Å². The second kappa shape index (κ2) is 8.36. The monoisotopic (exact) mass is 345 g/mol. The molecule has 0 aromatic heterocycles. The van der Waals surface area contributed by atoms with Gasteiger partial charge in [-0.05, 0) is 42.7 Å². The quantitative estimate of drug-likeness (QED) is 0.767. The number of carbonyl (C=O) groups is 2. The number of amides is 3. The zero-order chi connectivity index (χ0) is 17.5. The lowest BCUT2D eigenvalue weighted by Gasteiger charge is -2.11. The highest BCUT2D eigenvalue weighted by Gasteiger charge is 2.08. The average molecular weight is 346 g/mol. The van der Waals surface area contributed by atoms with Crippen LogP contribution in [0.3, 0.4) is 0 Å². The van der Waals surface area contributed by atoms with Crippen LogP contribution in [0.2, 0.25) is 5.02 Å². The molecular weight excluding hydrogens is 326 g/mol. The van der Waals surface area contributed by atoms with E-state index in [0.29, 0.717) is 10.7 Å². The molecule has 0 fully saturated rings. The van der Waals surface area contributed by atoms with Gasteiger partial charge in [0.05, 0.1) is 6.54 Å². The summed E-state index contributed by atoms with van der Waals surface area (Å²) in [5, 5.41) is 8.52. The van der Waals surface area contributed by atoms with Crippen molar-refractivity contribution in [1.82, 2.24) is 5.32 Å². The van der Waals surface area contributed by atoms with Crippen LogP contribution in [0.15, 0.2) is 42.5 Å². The Hall–Kier alpha value is -2.53. The number of hydrogen-bond acceptors (Lipinski definition) is 2. The SMILES string of the molecule is CCc1ccccc1NC(=O)CNC(=O)Nc1ccc(C)c(Cl)c1. The van der Waals surface area contributed by atoms with Crippen LogP contribution < -0.4 is 16.0 Å². The Bertz CT molecular complexity index is 747. The van der Waals surface area contributed by atoms with Crippen molar-refractivity contribution in [2.24, 2.45) is 0 Å². The van der Waals surface area contributed by atoms with Crippen molar-refractivity contribution >= 4 is 34.9 Å². The lowest BCUT2D eigenvalue weighted by molar-refractivity contribution is -0.115. The van der Waals surface area contributed by atoms with E-state index in [2.05, 4.69) is 16.0 Å². The number of halogens is 1. The molecule has 3 N–H and O–H groups in total. The maximum absolute atomic E-state index is 12.0. The first-order valence-electron chi connectivity index (χ1n) is 7.68. The van der Waals surface area contributed by atoms with Crippen molar-refractivity contribution in [2.45, 2.75) is 20.3 Å². The number of anilines is 2. The molecule has 0 heterocycles. The fraction of sp³-hybridized carbons (Fsp3) is 0.222. The number of nitrogens with one attached hydrogen (secondary N) is 3. The van der Waals surface area contributed by atoms with Crippen molar-refractivity contribution in [2.75, 3.05) is 17.2 Å². The molecule has 24 heavy (non-hydrogen) atoms. The molecule has 0 aliphatic heterocycles. The topological polar surface area (TPSA) is 70.2 Å². The standard InChI is InChI=1S/C18H20ClN3O2/c1-3-13-6-4-5-7-16(13)22-17(23)11-20-18(24)21-14-9-8-12(2)15(19)10-14/h4-10H,3,11H2,1-2H3,(H,22,23)(H2,20,21,24). The van der Waals surface area contributed by atoms with Crippen molar-refractivity contribution in [1.29, 1.82) is 0 Å². The molecule has 2 aromatic carbocycles. The molecule has 2 rings (SSSR count). The molecule has 0 radical (unpaired) electrons. The maximum atomic E-state index is 12.0. The third-order valence-electron chi connectivity index (χ3n) is 3.51. The molecule has 0 saturated carbocycles. The molecule has 6 heteroatoms. The Morgan fingerprint density at radius 3 is 2.54 bits per heavy atom. The first-order valence-corrected chi connectivity index (χ1v) is 8.06. The van der Waals surface area contributed by atoms with E-state index in [1.807, 2.05) is 44.2 Å². The summed E-state index contributed by atoms with van der Waals surface area (Å²) in [5.74, 6) is -0.284. The molecule has 5 nitrogen and oxygen atoms in total. The van der Waals surface area contributed by atoms with Crippen LogP contribution in [0, 0.1) is 6.92 Å². The molecule has 0 bridgehead atoms. The second-order valence-corrected chi connectivity index (χ2v) is 5.74. The maximum Gasteiger partial charge on any atom is 0.319 e. The zero-order valence-electron chi connectivity index (χ0n) is 13.7. The summed E-state index contributed by atoms with van der Waals surface area (Å²) in [7, 11) is 0. The van der Waals surface area contributed by atoms with Crippen LogP contribution in [0.4, 0.5) is 16.2 Å². The van der Waals surface area contributed by atoms with E-state index in [9.17, 15) is 9.59 Å². The van der Waals surface area contributed by atoms with E-state index >= 15 is 0 Å². The number of benzene rings is 2. The molecule has 2 aromatic rings. The van der Waals surface area contributed by atoms with Gasteiger partial charge in [-0.3, -0.25) is 4.79 Å².